The van der Waals surface area contributed by atoms with Crippen LogP contribution in [0, 0.1) is 0 Å². The van der Waals surface area contributed by atoms with Crippen LogP contribution in [0.3, 0.4) is 0 Å². The second-order valence-electron chi connectivity index (χ2n) is 9.17. The fraction of sp³-hybridized carbons (Fsp3) is 0.107. The van der Waals surface area contributed by atoms with Gasteiger partial charge in [-0.3, -0.25) is 9.78 Å². The quantitative estimate of drug-likeness (QED) is 0.196. The van der Waals surface area contributed by atoms with Crippen molar-refractivity contribution >= 4 is 33.2 Å². The Morgan fingerprint density at radius 3 is 2.37 bits per heavy atom. The number of pyridine rings is 1. The Labute approximate surface area is 234 Å². The van der Waals surface area contributed by atoms with Crippen molar-refractivity contribution in [3.63, 3.8) is 0 Å². The van der Waals surface area contributed by atoms with Gasteiger partial charge in [-0.2, -0.15) is 0 Å². The van der Waals surface area contributed by atoms with Crippen molar-refractivity contribution in [3.8, 4) is 22.5 Å². The molecule has 3 aromatic heterocycles. The first-order valence-corrected chi connectivity index (χ1v) is 14.1. The standard InChI is InChI=1S/C28H25N7O5S/c29-41(39,40)17-23(28(37)38)32-27(36)21-13-20(15-30-16-21)25-33-26(31-14-18-7-3-1-4-8-18)24-22(11-12-35(24)34-25)19-9-5-2-6-10-19/h1-13,15-16,23H,14,17H2,(H,32,36)(H,37,38)(H2,29,39,40)(H,31,33,34). The normalized spacial score (nSPS) is 12.1. The molecule has 12 nitrogen and oxygen atoms in total. The van der Waals surface area contributed by atoms with E-state index in [0.717, 1.165) is 22.2 Å². The number of anilines is 1. The third kappa shape index (κ3) is 6.54. The summed E-state index contributed by atoms with van der Waals surface area (Å²) in [7, 11) is -4.16. The second kappa shape index (κ2) is 11.5. The average molecular weight is 572 g/mol. The monoisotopic (exact) mass is 571 g/mol. The van der Waals surface area contributed by atoms with Crippen LogP contribution in [0.2, 0.25) is 0 Å². The number of rotatable bonds is 10. The third-order valence-electron chi connectivity index (χ3n) is 6.16. The first-order chi connectivity index (χ1) is 19.7. The zero-order valence-electron chi connectivity index (χ0n) is 21.5. The number of aromatic nitrogens is 4. The lowest BCUT2D eigenvalue weighted by atomic mass is 10.1. The fourth-order valence-corrected chi connectivity index (χ4v) is 4.93. The van der Waals surface area contributed by atoms with Gasteiger partial charge in [0, 0.05) is 36.3 Å². The van der Waals surface area contributed by atoms with Crippen molar-refractivity contribution in [1.29, 1.82) is 0 Å². The number of carboxylic acids is 1. The fourth-order valence-electron chi connectivity index (χ4n) is 4.24. The van der Waals surface area contributed by atoms with E-state index in [1.54, 1.807) is 4.52 Å². The summed E-state index contributed by atoms with van der Waals surface area (Å²) in [5, 5.41) is 24.5. The van der Waals surface area contributed by atoms with Crippen LogP contribution in [0.15, 0.2) is 91.4 Å². The maximum Gasteiger partial charge on any atom is 0.327 e. The summed E-state index contributed by atoms with van der Waals surface area (Å²) in [5.74, 6) is -2.54. The highest BCUT2D eigenvalue weighted by molar-refractivity contribution is 7.89. The molecule has 1 unspecified atom stereocenters. The SMILES string of the molecule is NS(=O)(=O)CC(NC(=O)c1cncc(-c2nc(NCc3ccccc3)c3c(-c4ccccc4)ccn3n2)c1)C(=O)O. The summed E-state index contributed by atoms with van der Waals surface area (Å²) in [6, 6.07) is 21.3. The number of aliphatic carboxylic acids is 1. The lowest BCUT2D eigenvalue weighted by Crippen LogP contribution is -2.46. The van der Waals surface area contributed by atoms with Gasteiger partial charge in [0.2, 0.25) is 10.0 Å². The van der Waals surface area contributed by atoms with E-state index < -0.39 is 33.7 Å². The molecule has 0 spiro atoms. The molecule has 41 heavy (non-hydrogen) atoms. The van der Waals surface area contributed by atoms with Crippen LogP contribution in [0.4, 0.5) is 5.82 Å². The summed E-state index contributed by atoms with van der Waals surface area (Å²) in [4.78, 5) is 33.2. The largest absolute Gasteiger partial charge is 0.480 e. The molecule has 0 aliphatic rings. The van der Waals surface area contributed by atoms with Crippen molar-refractivity contribution < 1.29 is 23.1 Å². The molecule has 0 bridgehead atoms. The van der Waals surface area contributed by atoms with Crippen LogP contribution >= 0.6 is 0 Å². The number of sulfonamides is 1. The van der Waals surface area contributed by atoms with E-state index in [2.05, 4.69) is 20.7 Å². The number of nitrogens with zero attached hydrogens (tertiary/aromatic N) is 4. The number of amides is 1. The lowest BCUT2D eigenvalue weighted by molar-refractivity contribution is -0.138. The van der Waals surface area contributed by atoms with Gasteiger partial charge in [0.15, 0.2) is 11.6 Å². The number of hydrogen-bond acceptors (Lipinski definition) is 8. The molecule has 1 amide bonds. The highest BCUT2D eigenvalue weighted by Gasteiger charge is 2.26. The van der Waals surface area contributed by atoms with Crippen LogP contribution in [-0.2, 0) is 21.4 Å². The van der Waals surface area contributed by atoms with Crippen molar-refractivity contribution in [3.05, 3.63) is 103 Å². The van der Waals surface area contributed by atoms with Gasteiger partial charge in [0.25, 0.3) is 5.91 Å². The van der Waals surface area contributed by atoms with Crippen molar-refractivity contribution in [2.75, 3.05) is 11.1 Å². The van der Waals surface area contributed by atoms with Crippen LogP contribution < -0.4 is 15.8 Å². The van der Waals surface area contributed by atoms with Gasteiger partial charge in [-0.05, 0) is 23.3 Å². The number of fused-ring (bicyclic) bond motifs is 1. The number of nitrogens with two attached hydrogens (primary N) is 1. The first kappa shape index (κ1) is 27.4. The van der Waals surface area contributed by atoms with E-state index in [-0.39, 0.29) is 11.4 Å². The average Bonchev–Trinajstić information content (AvgIpc) is 3.40. The summed E-state index contributed by atoms with van der Waals surface area (Å²) >= 11 is 0. The maximum absolute atomic E-state index is 12.8. The molecule has 13 heteroatoms. The van der Waals surface area contributed by atoms with Gasteiger partial charge >= 0.3 is 5.97 Å². The molecule has 5 aromatic rings. The van der Waals surface area contributed by atoms with E-state index in [9.17, 15) is 23.1 Å². The number of nitrogens with one attached hydrogen (secondary N) is 2. The molecule has 0 fully saturated rings. The molecule has 0 saturated carbocycles. The van der Waals surface area contributed by atoms with Gasteiger partial charge in [0.05, 0.1) is 11.3 Å². The molecular formula is C28H25N7O5S. The molecule has 0 aliphatic heterocycles. The zero-order chi connectivity index (χ0) is 29.0. The minimum Gasteiger partial charge on any atom is -0.480 e. The zero-order valence-corrected chi connectivity index (χ0v) is 22.3. The number of carbonyl (C=O) groups is 2. The first-order valence-electron chi connectivity index (χ1n) is 12.4. The Morgan fingerprint density at radius 2 is 1.68 bits per heavy atom. The van der Waals surface area contributed by atoms with E-state index in [1.807, 2.05) is 72.9 Å². The lowest BCUT2D eigenvalue weighted by Gasteiger charge is -2.14. The summed E-state index contributed by atoms with van der Waals surface area (Å²) < 4.78 is 24.5. The van der Waals surface area contributed by atoms with Crippen LogP contribution in [-0.4, -0.2) is 56.8 Å². The van der Waals surface area contributed by atoms with E-state index in [4.69, 9.17) is 10.1 Å². The minimum atomic E-state index is -4.16. The Hall–Kier alpha value is -5.14. The van der Waals surface area contributed by atoms with E-state index in [0.29, 0.717) is 17.9 Å². The van der Waals surface area contributed by atoms with E-state index in [1.165, 1.54) is 18.5 Å². The van der Waals surface area contributed by atoms with Gasteiger partial charge in [-0.1, -0.05) is 60.7 Å². The molecule has 3 heterocycles. The minimum absolute atomic E-state index is 0.0110. The summed E-state index contributed by atoms with van der Waals surface area (Å²) in [6.07, 6.45) is 4.51. The van der Waals surface area contributed by atoms with Crippen molar-refractivity contribution in [2.45, 2.75) is 12.6 Å². The number of carbonyl (C=O) groups excluding carboxylic acids is 1. The van der Waals surface area contributed by atoms with Gasteiger partial charge in [-0.15, -0.1) is 5.10 Å². The van der Waals surface area contributed by atoms with Crippen LogP contribution in [0.1, 0.15) is 15.9 Å². The topological polar surface area (TPSA) is 182 Å². The molecule has 208 valence electrons. The smallest absolute Gasteiger partial charge is 0.327 e. The van der Waals surface area contributed by atoms with Gasteiger partial charge in [0.1, 0.15) is 11.6 Å². The summed E-state index contributed by atoms with van der Waals surface area (Å²) in [5.41, 5.74) is 4.09. The Kier molecular flexibility index (Phi) is 7.72. The molecular weight excluding hydrogens is 546 g/mol. The Morgan fingerprint density at radius 1 is 0.976 bits per heavy atom. The van der Waals surface area contributed by atoms with Crippen molar-refractivity contribution in [1.82, 2.24) is 24.9 Å². The maximum atomic E-state index is 12.8. The van der Waals surface area contributed by atoms with E-state index >= 15 is 0 Å². The highest BCUT2D eigenvalue weighted by atomic mass is 32.2. The Balaban J connectivity index is 1.52. The van der Waals surface area contributed by atoms with Gasteiger partial charge in [-0.25, -0.2) is 27.9 Å². The molecule has 5 N–H and O–H groups in total. The molecule has 5 rings (SSSR count). The number of hydrogen-bond donors (Lipinski definition) is 4. The van der Waals surface area contributed by atoms with Crippen LogP contribution in [0.5, 0.6) is 0 Å². The molecule has 2 aromatic carbocycles. The predicted molar refractivity (Wildman–Crippen MR) is 152 cm³/mol. The molecule has 0 aliphatic carbocycles. The number of primary sulfonamides is 1. The summed E-state index contributed by atoms with van der Waals surface area (Å²) in [6.45, 7) is 0.494. The molecule has 0 saturated heterocycles. The number of benzene rings is 2. The number of carboxylic acid groups (broad SMARTS) is 1. The van der Waals surface area contributed by atoms with Gasteiger partial charge < -0.3 is 15.7 Å². The molecule has 0 radical (unpaired) electrons. The van der Waals surface area contributed by atoms with Crippen molar-refractivity contribution in [2.24, 2.45) is 5.14 Å². The second-order valence-corrected chi connectivity index (χ2v) is 10.8. The predicted octanol–water partition coefficient (Wildman–Crippen LogP) is 2.54. The third-order valence-corrected chi connectivity index (χ3v) is 6.96. The molecule has 1 atom stereocenters. The highest BCUT2D eigenvalue weighted by Crippen LogP contribution is 2.31. The Bertz CT molecular complexity index is 1830. The van der Waals surface area contributed by atoms with Crippen LogP contribution in [0.25, 0.3) is 28.0 Å².